The summed E-state index contributed by atoms with van der Waals surface area (Å²) in [5, 5.41) is 2.91. The lowest BCUT2D eigenvalue weighted by atomic mass is 10.2. The highest BCUT2D eigenvalue weighted by Gasteiger charge is 2.27. The normalized spacial score (nSPS) is 17.5. The molecule has 1 saturated heterocycles. The zero-order valence-corrected chi connectivity index (χ0v) is 12.7. The highest BCUT2D eigenvalue weighted by atomic mass is 16.3. The lowest BCUT2D eigenvalue weighted by Crippen LogP contribution is -2.55. The van der Waals surface area contributed by atoms with E-state index in [-0.39, 0.29) is 17.9 Å². The van der Waals surface area contributed by atoms with Crippen molar-refractivity contribution in [3.8, 4) is 0 Å². The number of hydrogen-bond acceptors (Lipinski definition) is 4. The summed E-state index contributed by atoms with van der Waals surface area (Å²) in [5.74, 6) is 0.0537. The van der Waals surface area contributed by atoms with E-state index in [1.165, 1.54) is 12.5 Å². The minimum atomic E-state index is -0.150. The van der Waals surface area contributed by atoms with Crippen molar-refractivity contribution >= 4 is 11.8 Å². The van der Waals surface area contributed by atoms with Gasteiger partial charge in [0.2, 0.25) is 5.91 Å². The predicted molar refractivity (Wildman–Crippen MR) is 78.9 cm³/mol. The summed E-state index contributed by atoms with van der Waals surface area (Å²) in [5.41, 5.74) is 0.581. The van der Waals surface area contributed by atoms with E-state index in [1.54, 1.807) is 11.0 Å². The van der Waals surface area contributed by atoms with Crippen LogP contribution in [0.1, 0.15) is 30.6 Å². The molecule has 0 radical (unpaired) electrons. The molecular formula is C15H23N3O3. The van der Waals surface area contributed by atoms with Crippen LogP contribution in [0, 0.1) is 0 Å². The Morgan fingerprint density at radius 3 is 2.62 bits per heavy atom. The summed E-state index contributed by atoms with van der Waals surface area (Å²) >= 11 is 0. The zero-order chi connectivity index (χ0) is 15.2. The number of rotatable bonds is 5. The average Bonchev–Trinajstić information content (AvgIpc) is 3.05. The molecule has 21 heavy (non-hydrogen) atoms. The molecule has 0 aromatic carbocycles. The van der Waals surface area contributed by atoms with Gasteiger partial charge in [0.15, 0.2) is 0 Å². The lowest BCUT2D eigenvalue weighted by molar-refractivity contribution is -0.126. The van der Waals surface area contributed by atoms with E-state index in [2.05, 4.69) is 10.2 Å². The fraction of sp³-hybridized carbons (Fsp3) is 0.600. The molecule has 0 spiro atoms. The molecule has 1 aromatic heterocycles. The zero-order valence-electron chi connectivity index (χ0n) is 12.7. The topological polar surface area (TPSA) is 65.8 Å². The van der Waals surface area contributed by atoms with Crippen LogP contribution in [-0.2, 0) is 4.79 Å². The van der Waals surface area contributed by atoms with Crippen LogP contribution in [0.15, 0.2) is 23.0 Å². The van der Waals surface area contributed by atoms with E-state index < -0.39 is 0 Å². The largest absolute Gasteiger partial charge is 0.472 e. The Morgan fingerprint density at radius 2 is 2.05 bits per heavy atom. The molecule has 1 atom stereocenters. The maximum absolute atomic E-state index is 12.2. The number of amides is 2. The van der Waals surface area contributed by atoms with E-state index in [0.717, 1.165) is 6.42 Å². The molecule has 1 aliphatic heterocycles. The third-order valence-electron chi connectivity index (χ3n) is 3.85. The Labute approximate surface area is 125 Å². The Kier molecular flexibility index (Phi) is 5.38. The number of hydrogen-bond donors (Lipinski definition) is 1. The SMILES string of the molecule is CCCNC(=O)[C@H](C)N1CCN(C(=O)c2ccoc2)CC1. The van der Waals surface area contributed by atoms with Gasteiger partial charge in [0.05, 0.1) is 17.9 Å². The van der Waals surface area contributed by atoms with Crippen LogP contribution in [0.25, 0.3) is 0 Å². The number of piperazine rings is 1. The van der Waals surface area contributed by atoms with Crippen LogP contribution in [0.3, 0.4) is 0 Å². The molecule has 1 aromatic rings. The molecular weight excluding hydrogens is 270 g/mol. The van der Waals surface area contributed by atoms with Gasteiger partial charge in [0.25, 0.3) is 5.91 Å². The Morgan fingerprint density at radius 1 is 1.33 bits per heavy atom. The minimum Gasteiger partial charge on any atom is -0.472 e. The van der Waals surface area contributed by atoms with Crippen LogP contribution < -0.4 is 5.32 Å². The second kappa shape index (κ2) is 7.26. The number of carbonyl (C=O) groups excluding carboxylic acids is 2. The smallest absolute Gasteiger partial charge is 0.257 e. The average molecular weight is 293 g/mol. The van der Waals surface area contributed by atoms with Crippen LogP contribution in [0.2, 0.25) is 0 Å². The molecule has 0 unspecified atom stereocenters. The van der Waals surface area contributed by atoms with Crippen molar-refractivity contribution in [1.29, 1.82) is 0 Å². The van der Waals surface area contributed by atoms with Crippen molar-refractivity contribution in [2.24, 2.45) is 0 Å². The first-order valence-corrected chi connectivity index (χ1v) is 7.46. The third kappa shape index (κ3) is 3.85. The van der Waals surface area contributed by atoms with Crippen molar-refractivity contribution in [1.82, 2.24) is 15.1 Å². The van der Waals surface area contributed by atoms with Crippen LogP contribution in [0.5, 0.6) is 0 Å². The molecule has 2 amide bonds. The number of nitrogens with one attached hydrogen (secondary N) is 1. The lowest BCUT2D eigenvalue weighted by Gasteiger charge is -2.37. The molecule has 2 rings (SSSR count). The predicted octanol–water partition coefficient (Wildman–Crippen LogP) is 0.952. The van der Waals surface area contributed by atoms with Crippen molar-refractivity contribution < 1.29 is 14.0 Å². The van der Waals surface area contributed by atoms with Gasteiger partial charge in [0.1, 0.15) is 6.26 Å². The number of nitrogens with zero attached hydrogens (tertiary/aromatic N) is 2. The van der Waals surface area contributed by atoms with Crippen LogP contribution >= 0.6 is 0 Å². The monoisotopic (exact) mass is 293 g/mol. The van der Waals surface area contributed by atoms with Gasteiger partial charge >= 0.3 is 0 Å². The fourth-order valence-electron chi connectivity index (χ4n) is 2.44. The van der Waals surface area contributed by atoms with Crippen molar-refractivity contribution in [2.45, 2.75) is 26.3 Å². The van der Waals surface area contributed by atoms with Gasteiger partial charge in [-0.25, -0.2) is 0 Å². The summed E-state index contributed by atoms with van der Waals surface area (Å²) < 4.78 is 4.94. The maximum Gasteiger partial charge on any atom is 0.257 e. The first-order chi connectivity index (χ1) is 10.1. The highest BCUT2D eigenvalue weighted by molar-refractivity contribution is 5.93. The molecule has 116 valence electrons. The quantitative estimate of drug-likeness (QED) is 0.878. The molecule has 1 aliphatic rings. The van der Waals surface area contributed by atoms with Gasteiger partial charge in [-0.1, -0.05) is 6.92 Å². The Balaban J connectivity index is 1.82. The van der Waals surface area contributed by atoms with E-state index in [1.807, 2.05) is 13.8 Å². The van der Waals surface area contributed by atoms with Gasteiger partial charge < -0.3 is 14.6 Å². The Hall–Kier alpha value is -1.82. The molecule has 2 heterocycles. The van der Waals surface area contributed by atoms with E-state index in [0.29, 0.717) is 38.3 Å². The molecule has 1 fully saturated rings. The molecule has 0 saturated carbocycles. The summed E-state index contributed by atoms with van der Waals surface area (Å²) in [6.07, 6.45) is 3.91. The second-order valence-corrected chi connectivity index (χ2v) is 5.31. The fourth-order valence-corrected chi connectivity index (χ4v) is 2.44. The summed E-state index contributed by atoms with van der Waals surface area (Å²) in [4.78, 5) is 28.1. The van der Waals surface area contributed by atoms with E-state index in [4.69, 9.17) is 4.42 Å². The number of carbonyl (C=O) groups is 2. The maximum atomic E-state index is 12.2. The second-order valence-electron chi connectivity index (χ2n) is 5.31. The summed E-state index contributed by atoms with van der Waals surface area (Å²) in [7, 11) is 0. The van der Waals surface area contributed by atoms with Gasteiger partial charge in [-0.3, -0.25) is 14.5 Å². The molecule has 6 nitrogen and oxygen atoms in total. The van der Waals surface area contributed by atoms with E-state index in [9.17, 15) is 9.59 Å². The van der Waals surface area contributed by atoms with Gasteiger partial charge in [-0.05, 0) is 19.4 Å². The van der Waals surface area contributed by atoms with Gasteiger partial charge in [-0.2, -0.15) is 0 Å². The van der Waals surface area contributed by atoms with Crippen molar-refractivity contribution in [3.63, 3.8) is 0 Å². The molecule has 6 heteroatoms. The molecule has 1 N–H and O–H groups in total. The Bertz CT molecular complexity index is 465. The van der Waals surface area contributed by atoms with Gasteiger partial charge in [-0.15, -0.1) is 0 Å². The van der Waals surface area contributed by atoms with Crippen LogP contribution in [-0.4, -0.2) is 60.4 Å². The molecule has 0 aliphatic carbocycles. The first kappa shape index (κ1) is 15.6. The van der Waals surface area contributed by atoms with Crippen molar-refractivity contribution in [2.75, 3.05) is 32.7 Å². The summed E-state index contributed by atoms with van der Waals surface area (Å²) in [6, 6.07) is 1.53. The standard InChI is InChI=1S/C15H23N3O3/c1-3-5-16-14(19)12(2)17-6-8-18(9-7-17)15(20)13-4-10-21-11-13/h4,10-12H,3,5-9H2,1-2H3,(H,16,19)/t12-/m0/s1. The van der Waals surface area contributed by atoms with E-state index >= 15 is 0 Å². The van der Waals surface area contributed by atoms with Gasteiger partial charge in [0, 0.05) is 32.7 Å². The van der Waals surface area contributed by atoms with Crippen LogP contribution in [0.4, 0.5) is 0 Å². The summed E-state index contributed by atoms with van der Waals surface area (Å²) in [6.45, 7) is 7.35. The third-order valence-corrected chi connectivity index (χ3v) is 3.85. The minimum absolute atomic E-state index is 0.00788. The molecule has 0 bridgehead atoms. The highest BCUT2D eigenvalue weighted by Crippen LogP contribution is 2.11. The first-order valence-electron chi connectivity index (χ1n) is 7.46. The van der Waals surface area contributed by atoms with Crippen molar-refractivity contribution in [3.05, 3.63) is 24.2 Å². The number of furan rings is 1.